The maximum absolute atomic E-state index is 14.0. The molecule has 0 amide bonds. The lowest BCUT2D eigenvalue weighted by Gasteiger charge is -2.44. The summed E-state index contributed by atoms with van der Waals surface area (Å²) in [6.45, 7) is 3.44. The van der Waals surface area contributed by atoms with Crippen molar-refractivity contribution < 1.29 is 4.39 Å². The molecule has 2 heteroatoms. The largest absolute Gasteiger partial charge is 0.310 e. The zero-order chi connectivity index (χ0) is 9.31. The van der Waals surface area contributed by atoms with Crippen molar-refractivity contribution in [2.24, 2.45) is 11.8 Å². The van der Waals surface area contributed by atoms with Gasteiger partial charge in [-0.15, -0.1) is 0 Å². The van der Waals surface area contributed by atoms with Gasteiger partial charge >= 0.3 is 0 Å². The maximum Gasteiger partial charge on any atom is 0.138 e. The predicted octanol–water partition coefficient (Wildman–Crippen LogP) is 2.51. The van der Waals surface area contributed by atoms with Crippen molar-refractivity contribution in [3.05, 3.63) is 0 Å². The molecule has 2 fully saturated rings. The Kier molecular flexibility index (Phi) is 2.59. The second-order valence-electron chi connectivity index (χ2n) is 4.78. The summed E-state index contributed by atoms with van der Waals surface area (Å²) < 4.78 is 14.0. The first-order chi connectivity index (χ1) is 6.24. The van der Waals surface area contributed by atoms with Crippen LogP contribution in [0.3, 0.4) is 0 Å². The standard InChI is InChI=1S/C11H20FN/c1-2-9-4-3-5-10(6-9)11(12)7-13-8-11/h9-10,13H,2-8H2,1H3. The van der Waals surface area contributed by atoms with Gasteiger partial charge in [0, 0.05) is 13.1 Å². The highest BCUT2D eigenvalue weighted by molar-refractivity contribution is 5.00. The Morgan fingerprint density at radius 3 is 2.69 bits per heavy atom. The quantitative estimate of drug-likeness (QED) is 0.697. The minimum absolute atomic E-state index is 0.354. The third-order valence-corrected chi connectivity index (χ3v) is 3.93. The molecule has 0 aromatic rings. The first kappa shape index (κ1) is 9.45. The van der Waals surface area contributed by atoms with E-state index in [9.17, 15) is 4.39 Å². The monoisotopic (exact) mass is 185 g/mol. The van der Waals surface area contributed by atoms with Crippen molar-refractivity contribution in [2.45, 2.75) is 44.7 Å². The molecule has 1 heterocycles. The Labute approximate surface area is 80.1 Å². The number of hydrogen-bond acceptors (Lipinski definition) is 1. The lowest BCUT2D eigenvalue weighted by Crippen LogP contribution is -2.61. The number of halogens is 1. The van der Waals surface area contributed by atoms with Crippen LogP contribution in [0.25, 0.3) is 0 Å². The van der Waals surface area contributed by atoms with Gasteiger partial charge in [0.05, 0.1) is 0 Å². The van der Waals surface area contributed by atoms with Gasteiger partial charge in [0.15, 0.2) is 0 Å². The van der Waals surface area contributed by atoms with E-state index in [2.05, 4.69) is 12.2 Å². The molecular weight excluding hydrogens is 165 g/mol. The minimum Gasteiger partial charge on any atom is -0.310 e. The van der Waals surface area contributed by atoms with Crippen LogP contribution in [0.15, 0.2) is 0 Å². The van der Waals surface area contributed by atoms with E-state index in [0.717, 1.165) is 18.8 Å². The molecule has 1 aliphatic carbocycles. The number of hydrogen-bond donors (Lipinski definition) is 1. The normalized spacial score (nSPS) is 38.3. The van der Waals surface area contributed by atoms with E-state index in [4.69, 9.17) is 0 Å². The number of nitrogens with one attached hydrogen (secondary N) is 1. The van der Waals surface area contributed by atoms with E-state index in [-0.39, 0.29) is 0 Å². The molecule has 2 atom stereocenters. The van der Waals surface area contributed by atoms with Crippen molar-refractivity contribution in [2.75, 3.05) is 13.1 Å². The molecule has 1 N–H and O–H groups in total. The van der Waals surface area contributed by atoms with Crippen LogP contribution in [0.5, 0.6) is 0 Å². The van der Waals surface area contributed by atoms with Crippen LogP contribution in [-0.4, -0.2) is 18.8 Å². The average molecular weight is 185 g/mol. The lowest BCUT2D eigenvalue weighted by molar-refractivity contribution is -0.00511. The Balaban J connectivity index is 1.91. The molecule has 76 valence electrons. The third-order valence-electron chi connectivity index (χ3n) is 3.93. The lowest BCUT2D eigenvalue weighted by atomic mass is 9.71. The first-order valence-electron chi connectivity index (χ1n) is 5.64. The maximum atomic E-state index is 14.0. The van der Waals surface area contributed by atoms with Gasteiger partial charge in [0.25, 0.3) is 0 Å². The van der Waals surface area contributed by atoms with Crippen molar-refractivity contribution >= 4 is 0 Å². The molecule has 1 saturated heterocycles. The van der Waals surface area contributed by atoms with Gasteiger partial charge in [0.1, 0.15) is 5.67 Å². The van der Waals surface area contributed by atoms with Gasteiger partial charge in [-0.2, -0.15) is 0 Å². The predicted molar refractivity (Wildman–Crippen MR) is 52.4 cm³/mol. The van der Waals surface area contributed by atoms with E-state index in [1.807, 2.05) is 0 Å². The van der Waals surface area contributed by atoms with E-state index >= 15 is 0 Å². The Bertz CT molecular complexity index is 177. The SMILES string of the molecule is CCC1CCCC(C2(F)CNC2)C1. The zero-order valence-electron chi connectivity index (χ0n) is 8.48. The molecule has 1 saturated carbocycles. The van der Waals surface area contributed by atoms with Gasteiger partial charge in [-0.1, -0.05) is 26.2 Å². The van der Waals surface area contributed by atoms with Crippen LogP contribution in [-0.2, 0) is 0 Å². The summed E-state index contributed by atoms with van der Waals surface area (Å²) in [6, 6.07) is 0. The highest BCUT2D eigenvalue weighted by Gasteiger charge is 2.45. The molecule has 1 nitrogen and oxygen atoms in total. The van der Waals surface area contributed by atoms with Gasteiger partial charge in [0.2, 0.25) is 0 Å². The van der Waals surface area contributed by atoms with Gasteiger partial charge < -0.3 is 5.32 Å². The van der Waals surface area contributed by atoms with Crippen LogP contribution in [0.1, 0.15) is 39.0 Å². The Morgan fingerprint density at radius 2 is 2.15 bits per heavy atom. The van der Waals surface area contributed by atoms with Gasteiger partial charge in [-0.3, -0.25) is 0 Å². The molecule has 0 aromatic carbocycles. The van der Waals surface area contributed by atoms with E-state index in [0.29, 0.717) is 19.0 Å². The molecule has 0 spiro atoms. The molecule has 0 bridgehead atoms. The smallest absolute Gasteiger partial charge is 0.138 e. The number of alkyl halides is 1. The van der Waals surface area contributed by atoms with Crippen LogP contribution >= 0.6 is 0 Å². The molecular formula is C11H20FN. The van der Waals surface area contributed by atoms with Gasteiger partial charge in [-0.25, -0.2) is 4.39 Å². The van der Waals surface area contributed by atoms with E-state index in [1.165, 1.54) is 19.3 Å². The topological polar surface area (TPSA) is 12.0 Å². The third kappa shape index (κ3) is 1.74. The van der Waals surface area contributed by atoms with Crippen molar-refractivity contribution in [1.82, 2.24) is 5.32 Å². The molecule has 2 unspecified atom stereocenters. The summed E-state index contributed by atoms with van der Waals surface area (Å²) >= 11 is 0. The Morgan fingerprint density at radius 1 is 1.38 bits per heavy atom. The molecule has 13 heavy (non-hydrogen) atoms. The molecule has 0 aromatic heterocycles. The molecule has 1 aliphatic heterocycles. The average Bonchev–Trinajstić information content (AvgIpc) is 2.14. The zero-order valence-corrected chi connectivity index (χ0v) is 8.48. The fraction of sp³-hybridized carbons (Fsp3) is 1.00. The summed E-state index contributed by atoms with van der Waals surface area (Å²) in [5, 5.41) is 3.06. The second kappa shape index (κ2) is 3.56. The second-order valence-corrected chi connectivity index (χ2v) is 4.78. The fourth-order valence-electron chi connectivity index (χ4n) is 2.78. The molecule has 2 aliphatic rings. The highest BCUT2D eigenvalue weighted by atomic mass is 19.1. The van der Waals surface area contributed by atoms with E-state index < -0.39 is 5.67 Å². The Hall–Kier alpha value is -0.110. The van der Waals surface area contributed by atoms with Crippen LogP contribution in [0.4, 0.5) is 4.39 Å². The summed E-state index contributed by atoms with van der Waals surface area (Å²) in [5.41, 5.74) is -0.839. The van der Waals surface area contributed by atoms with Crippen molar-refractivity contribution in [1.29, 1.82) is 0 Å². The summed E-state index contributed by atoms with van der Waals surface area (Å²) in [4.78, 5) is 0. The van der Waals surface area contributed by atoms with Crippen LogP contribution < -0.4 is 5.32 Å². The van der Waals surface area contributed by atoms with Gasteiger partial charge in [-0.05, 0) is 24.7 Å². The fourth-order valence-corrected chi connectivity index (χ4v) is 2.78. The first-order valence-corrected chi connectivity index (χ1v) is 5.64. The van der Waals surface area contributed by atoms with Crippen molar-refractivity contribution in [3.63, 3.8) is 0 Å². The number of rotatable bonds is 2. The van der Waals surface area contributed by atoms with E-state index in [1.54, 1.807) is 0 Å². The van der Waals surface area contributed by atoms with Crippen LogP contribution in [0, 0.1) is 11.8 Å². The molecule has 0 radical (unpaired) electrons. The minimum atomic E-state index is -0.839. The van der Waals surface area contributed by atoms with Crippen LogP contribution in [0.2, 0.25) is 0 Å². The summed E-state index contributed by atoms with van der Waals surface area (Å²) in [5.74, 6) is 1.15. The van der Waals surface area contributed by atoms with Crippen molar-refractivity contribution in [3.8, 4) is 0 Å². The summed E-state index contributed by atoms with van der Waals surface area (Å²) in [6.07, 6.45) is 6.06. The molecule has 2 rings (SSSR count). The summed E-state index contributed by atoms with van der Waals surface area (Å²) in [7, 11) is 0. The highest BCUT2D eigenvalue weighted by Crippen LogP contribution is 2.40.